The molecule has 0 bridgehead atoms. The highest BCUT2D eigenvalue weighted by atomic mass is 31.2. The van der Waals surface area contributed by atoms with E-state index in [1.54, 1.807) is 30.3 Å². The third-order valence-electron chi connectivity index (χ3n) is 4.54. The Labute approximate surface area is 167 Å². The number of aliphatic hydroxyl groups is 1. The van der Waals surface area contributed by atoms with Gasteiger partial charge in [-0.05, 0) is 48.9 Å². The molecule has 0 saturated carbocycles. The lowest BCUT2D eigenvalue weighted by Crippen LogP contribution is -2.17. The van der Waals surface area contributed by atoms with E-state index in [-0.39, 0.29) is 0 Å². The molecule has 0 radical (unpaired) electrons. The topological polar surface area (TPSA) is 68.2 Å². The van der Waals surface area contributed by atoms with E-state index in [2.05, 4.69) is 0 Å². The molecule has 0 aliphatic rings. The van der Waals surface area contributed by atoms with Crippen molar-refractivity contribution in [2.45, 2.75) is 25.6 Å². The van der Waals surface area contributed by atoms with Crippen LogP contribution in [0.3, 0.4) is 0 Å². The van der Waals surface area contributed by atoms with Gasteiger partial charge in [0.15, 0.2) is 5.85 Å². The fourth-order valence-electron chi connectivity index (χ4n) is 2.81. The summed E-state index contributed by atoms with van der Waals surface area (Å²) in [5, 5.41) is 11.6. The summed E-state index contributed by atoms with van der Waals surface area (Å²) in [5.41, 5.74) is 1.34. The number of rotatable bonds is 10. The normalized spacial score (nSPS) is 14.2. The number of benzene rings is 2. The minimum atomic E-state index is -3.63. The van der Waals surface area contributed by atoms with Crippen LogP contribution in [-0.4, -0.2) is 40.0 Å². The highest BCUT2D eigenvalue weighted by Crippen LogP contribution is 2.59. The van der Waals surface area contributed by atoms with Crippen molar-refractivity contribution in [3.8, 4) is 11.5 Å². The van der Waals surface area contributed by atoms with Gasteiger partial charge in [0, 0.05) is 30.7 Å². The van der Waals surface area contributed by atoms with Gasteiger partial charge in [-0.3, -0.25) is 4.57 Å². The third kappa shape index (κ3) is 4.88. The van der Waals surface area contributed by atoms with Gasteiger partial charge in [-0.15, -0.1) is 0 Å². The summed E-state index contributed by atoms with van der Waals surface area (Å²) in [5.74, 6) is -0.407. The minimum absolute atomic E-state index is 0.298. The van der Waals surface area contributed by atoms with Gasteiger partial charge < -0.3 is 24.0 Å². The molecule has 0 spiro atoms. The molecule has 2 aromatic rings. The number of unbranched alkanes of at least 4 members (excludes halogenated alkanes) is 1. The van der Waals surface area contributed by atoms with E-state index in [1.807, 2.05) is 38.1 Å². The van der Waals surface area contributed by atoms with Crippen molar-refractivity contribution in [3.63, 3.8) is 0 Å². The number of methoxy groups -OCH3 is 2. The Hall–Kier alpha value is -2.01. The summed E-state index contributed by atoms with van der Waals surface area (Å²) in [6.07, 6.45) is 1.65. The van der Waals surface area contributed by atoms with Gasteiger partial charge in [-0.25, -0.2) is 0 Å². The highest BCUT2D eigenvalue weighted by Gasteiger charge is 2.38. The van der Waals surface area contributed by atoms with Crippen LogP contribution in [0.25, 0.3) is 0 Å². The van der Waals surface area contributed by atoms with Gasteiger partial charge in [0.2, 0.25) is 0 Å². The molecular formula is C21H30NO5P. The number of hydrogen-bond acceptors (Lipinski definition) is 6. The average Bonchev–Trinajstić information content (AvgIpc) is 2.72. The Morgan fingerprint density at radius 1 is 1.07 bits per heavy atom. The average molecular weight is 407 g/mol. The zero-order valence-electron chi connectivity index (χ0n) is 17.2. The van der Waals surface area contributed by atoms with E-state index in [0.29, 0.717) is 29.0 Å². The van der Waals surface area contributed by atoms with E-state index in [0.717, 1.165) is 18.5 Å². The van der Waals surface area contributed by atoms with E-state index in [4.69, 9.17) is 14.0 Å². The second-order valence-corrected chi connectivity index (χ2v) is 9.13. The summed E-state index contributed by atoms with van der Waals surface area (Å²) < 4.78 is 30.4. The second kappa shape index (κ2) is 9.97. The largest absolute Gasteiger partial charge is 0.497 e. The molecule has 0 aliphatic heterocycles. The van der Waals surface area contributed by atoms with Crippen molar-refractivity contribution >= 4 is 18.4 Å². The predicted molar refractivity (Wildman–Crippen MR) is 113 cm³/mol. The summed E-state index contributed by atoms with van der Waals surface area (Å²) in [4.78, 5) is 1.95. The van der Waals surface area contributed by atoms with Gasteiger partial charge >= 0.3 is 0 Å². The molecule has 154 valence electrons. The highest BCUT2D eigenvalue weighted by molar-refractivity contribution is 7.67. The molecule has 0 amide bonds. The van der Waals surface area contributed by atoms with E-state index in [9.17, 15) is 9.67 Å². The molecule has 1 N–H and O–H groups in total. The van der Waals surface area contributed by atoms with Crippen molar-refractivity contribution in [1.82, 2.24) is 0 Å². The summed E-state index contributed by atoms with van der Waals surface area (Å²) >= 11 is 0. The maximum absolute atomic E-state index is 14.0. The SMILES string of the molecule is CCCCO[P@](=O)(c1ccc(N(C)C)cc1)[C@H](O)c1cc(OC)ccc1OC. The summed E-state index contributed by atoms with van der Waals surface area (Å²) in [6, 6.07) is 12.3. The fraction of sp³-hybridized carbons (Fsp3) is 0.429. The Bertz CT molecular complexity index is 807. The Balaban J connectivity index is 2.51. The van der Waals surface area contributed by atoms with Crippen LogP contribution in [0.4, 0.5) is 5.69 Å². The van der Waals surface area contributed by atoms with E-state index in [1.165, 1.54) is 14.2 Å². The molecule has 0 aliphatic carbocycles. The first-order valence-electron chi connectivity index (χ1n) is 9.29. The predicted octanol–water partition coefficient (Wildman–Crippen LogP) is 4.18. The van der Waals surface area contributed by atoms with E-state index >= 15 is 0 Å². The molecule has 7 heteroatoms. The van der Waals surface area contributed by atoms with Gasteiger partial charge in [0.05, 0.1) is 20.8 Å². The summed E-state index contributed by atoms with van der Waals surface area (Å²) in [7, 11) is 3.28. The maximum atomic E-state index is 14.0. The van der Waals surface area contributed by atoms with Crippen LogP contribution < -0.4 is 19.7 Å². The first-order chi connectivity index (χ1) is 13.4. The van der Waals surface area contributed by atoms with Crippen LogP contribution in [-0.2, 0) is 9.09 Å². The molecule has 2 aromatic carbocycles. The zero-order valence-corrected chi connectivity index (χ0v) is 18.1. The van der Waals surface area contributed by atoms with E-state index < -0.39 is 13.2 Å². The van der Waals surface area contributed by atoms with Gasteiger partial charge in [0.1, 0.15) is 11.5 Å². The minimum Gasteiger partial charge on any atom is -0.497 e. The lowest BCUT2D eigenvalue weighted by atomic mass is 10.2. The number of anilines is 1. The zero-order chi connectivity index (χ0) is 20.7. The second-order valence-electron chi connectivity index (χ2n) is 6.68. The molecule has 6 nitrogen and oxygen atoms in total. The van der Waals surface area contributed by atoms with Crippen molar-refractivity contribution in [2.24, 2.45) is 0 Å². The Morgan fingerprint density at radius 3 is 2.29 bits per heavy atom. The Kier molecular flexibility index (Phi) is 7.93. The molecule has 2 atom stereocenters. The van der Waals surface area contributed by atoms with Crippen molar-refractivity contribution in [1.29, 1.82) is 0 Å². The van der Waals surface area contributed by atoms with Crippen molar-refractivity contribution in [3.05, 3.63) is 48.0 Å². The molecule has 0 aromatic heterocycles. The summed E-state index contributed by atoms with van der Waals surface area (Å²) in [6.45, 7) is 2.33. The number of nitrogens with zero attached hydrogens (tertiary/aromatic N) is 1. The maximum Gasteiger partial charge on any atom is 0.264 e. The first kappa shape index (κ1) is 22.3. The quantitative estimate of drug-likeness (QED) is 0.471. The first-order valence-corrected chi connectivity index (χ1v) is 11.0. The number of aliphatic hydroxyl groups excluding tert-OH is 1. The van der Waals surface area contributed by atoms with Crippen LogP contribution in [0.5, 0.6) is 11.5 Å². The monoisotopic (exact) mass is 407 g/mol. The Morgan fingerprint density at radius 2 is 1.75 bits per heavy atom. The lowest BCUT2D eigenvalue weighted by molar-refractivity contribution is 0.208. The van der Waals surface area contributed by atoms with Crippen LogP contribution in [0.1, 0.15) is 31.2 Å². The number of hydrogen-bond donors (Lipinski definition) is 1. The van der Waals surface area contributed by atoms with Crippen molar-refractivity contribution < 1.29 is 23.7 Å². The van der Waals surface area contributed by atoms with Crippen LogP contribution in [0.2, 0.25) is 0 Å². The molecule has 2 rings (SSSR count). The van der Waals surface area contributed by atoms with Crippen LogP contribution >= 0.6 is 7.37 Å². The van der Waals surface area contributed by atoms with Crippen LogP contribution in [0.15, 0.2) is 42.5 Å². The molecule has 0 unspecified atom stereocenters. The smallest absolute Gasteiger partial charge is 0.264 e. The lowest BCUT2D eigenvalue weighted by Gasteiger charge is -2.26. The van der Waals surface area contributed by atoms with Gasteiger partial charge in [-0.1, -0.05) is 13.3 Å². The molecular weight excluding hydrogens is 377 g/mol. The molecule has 28 heavy (non-hydrogen) atoms. The fourth-order valence-corrected chi connectivity index (χ4v) is 4.92. The number of ether oxygens (including phenoxy) is 2. The molecule has 0 heterocycles. The third-order valence-corrected chi connectivity index (χ3v) is 7.05. The van der Waals surface area contributed by atoms with Gasteiger partial charge in [-0.2, -0.15) is 0 Å². The van der Waals surface area contributed by atoms with Crippen molar-refractivity contribution in [2.75, 3.05) is 39.8 Å². The van der Waals surface area contributed by atoms with Gasteiger partial charge in [0.25, 0.3) is 7.37 Å². The molecule has 0 fully saturated rings. The van der Waals surface area contributed by atoms with Crippen LogP contribution in [0, 0.1) is 0 Å². The standard InChI is InChI=1S/C21H30NO5P/c1-6-7-14-27-28(24,18-11-8-16(9-12-18)22(2)3)21(23)19-15-17(25-4)10-13-20(19)26-5/h8-13,15,21,23H,6-7,14H2,1-5H3/t21-,28+/m0/s1. The molecule has 0 saturated heterocycles.